The second-order valence-corrected chi connectivity index (χ2v) is 8.90. The van der Waals surface area contributed by atoms with Crippen LogP contribution in [0.2, 0.25) is 0 Å². The minimum absolute atomic E-state index is 0.0627. The van der Waals surface area contributed by atoms with Gasteiger partial charge in [0.2, 0.25) is 0 Å². The quantitative estimate of drug-likeness (QED) is 0.372. The van der Waals surface area contributed by atoms with Gasteiger partial charge in [0.15, 0.2) is 0 Å². The first-order chi connectivity index (χ1) is 14.2. The number of methoxy groups -OCH3 is 1. The Labute approximate surface area is 183 Å². The predicted octanol–water partition coefficient (Wildman–Crippen LogP) is 4.71. The van der Waals surface area contributed by atoms with E-state index in [0.29, 0.717) is 5.56 Å². The average Bonchev–Trinajstić information content (AvgIpc) is 3.18. The van der Waals surface area contributed by atoms with Gasteiger partial charge in [0.25, 0.3) is 0 Å². The Kier molecular flexibility index (Phi) is 5.95. The molecule has 3 aromatic carbocycles. The number of ether oxygens (including phenoxy) is 1. The van der Waals surface area contributed by atoms with Crippen molar-refractivity contribution in [3.63, 3.8) is 0 Å². The van der Waals surface area contributed by atoms with Gasteiger partial charge in [0.1, 0.15) is 0 Å². The van der Waals surface area contributed by atoms with E-state index in [1.165, 1.54) is 0 Å². The fourth-order valence-electron chi connectivity index (χ4n) is 2.92. The van der Waals surface area contributed by atoms with Crippen LogP contribution in [-0.4, -0.2) is 32.1 Å². The number of amides is 1. The van der Waals surface area contributed by atoms with Crippen molar-refractivity contribution in [1.29, 1.82) is 0 Å². The summed E-state index contributed by atoms with van der Waals surface area (Å²) in [5, 5.41) is 0. The minimum atomic E-state index is -0.228. The van der Waals surface area contributed by atoms with Gasteiger partial charge in [-0.3, -0.25) is 0 Å². The standard InChI is InChI=1S/C23H17BrN2O2Se/c1-28-20-13-7-16(8-14-20)21-15-29-23(25-22(27)17-5-3-2-4-6-17)26(21)19-11-9-18(24)10-12-19/h2-15H,1H3. The normalized spacial score (nSPS) is 11.4. The Morgan fingerprint density at radius 3 is 2.31 bits per heavy atom. The van der Waals surface area contributed by atoms with Crippen LogP contribution in [0, 0.1) is 0 Å². The molecule has 144 valence electrons. The molecular formula is C23H17BrN2O2Se. The van der Waals surface area contributed by atoms with Crippen LogP contribution in [-0.2, 0) is 0 Å². The molecule has 0 N–H and O–H groups in total. The first kappa shape index (κ1) is 19.6. The molecule has 0 aliphatic carbocycles. The molecule has 1 amide bonds. The van der Waals surface area contributed by atoms with Gasteiger partial charge in [-0.25, -0.2) is 0 Å². The van der Waals surface area contributed by atoms with Crippen LogP contribution in [0.1, 0.15) is 10.4 Å². The van der Waals surface area contributed by atoms with E-state index in [4.69, 9.17) is 4.74 Å². The Hall–Kier alpha value is -2.66. The zero-order valence-corrected chi connectivity index (χ0v) is 18.9. The third kappa shape index (κ3) is 4.35. The van der Waals surface area contributed by atoms with E-state index in [2.05, 4.69) is 30.4 Å². The van der Waals surface area contributed by atoms with Crippen LogP contribution in [0.4, 0.5) is 0 Å². The third-order valence-corrected chi connectivity index (χ3v) is 6.66. The number of nitrogens with zero attached hydrogens (tertiary/aromatic N) is 2. The average molecular weight is 512 g/mol. The van der Waals surface area contributed by atoms with Crippen molar-refractivity contribution < 1.29 is 9.53 Å². The molecule has 0 aliphatic rings. The molecule has 0 spiro atoms. The maximum absolute atomic E-state index is 12.7. The summed E-state index contributed by atoms with van der Waals surface area (Å²) >= 11 is 3.43. The van der Waals surface area contributed by atoms with Gasteiger partial charge in [-0.1, -0.05) is 0 Å². The van der Waals surface area contributed by atoms with Crippen LogP contribution in [0.5, 0.6) is 5.75 Å². The van der Waals surface area contributed by atoms with Gasteiger partial charge in [0, 0.05) is 0 Å². The molecule has 0 saturated carbocycles. The van der Waals surface area contributed by atoms with E-state index < -0.39 is 0 Å². The number of rotatable bonds is 4. The van der Waals surface area contributed by atoms with Gasteiger partial charge in [-0.15, -0.1) is 0 Å². The van der Waals surface area contributed by atoms with Crippen LogP contribution in [0.3, 0.4) is 0 Å². The molecule has 0 aliphatic heterocycles. The molecule has 0 radical (unpaired) electrons. The van der Waals surface area contributed by atoms with Crippen molar-refractivity contribution >= 4 is 36.3 Å². The Balaban J connectivity index is 1.87. The molecule has 4 rings (SSSR count). The first-order valence-corrected chi connectivity index (χ1v) is 11.5. The fourth-order valence-corrected chi connectivity index (χ4v) is 5.08. The molecule has 1 heterocycles. The number of aromatic nitrogens is 1. The van der Waals surface area contributed by atoms with E-state index in [9.17, 15) is 4.79 Å². The number of hydrogen-bond acceptors (Lipinski definition) is 2. The van der Waals surface area contributed by atoms with Crippen molar-refractivity contribution in [2.75, 3.05) is 7.11 Å². The van der Waals surface area contributed by atoms with Crippen molar-refractivity contribution in [3.05, 3.63) is 98.2 Å². The van der Waals surface area contributed by atoms with Gasteiger partial charge in [-0.2, -0.15) is 0 Å². The monoisotopic (exact) mass is 512 g/mol. The van der Waals surface area contributed by atoms with Crippen molar-refractivity contribution in [2.45, 2.75) is 0 Å². The van der Waals surface area contributed by atoms with Crippen LogP contribution in [0.25, 0.3) is 16.9 Å². The van der Waals surface area contributed by atoms with Crippen molar-refractivity contribution in [3.8, 4) is 22.7 Å². The summed E-state index contributed by atoms with van der Waals surface area (Å²) in [6.45, 7) is 0. The SMILES string of the molecule is COc1ccc(-c2c[se]c(=NC(=O)c3ccccc3)n2-c2ccc(Br)cc2)cc1. The fraction of sp³-hybridized carbons (Fsp3) is 0.0435. The summed E-state index contributed by atoms with van der Waals surface area (Å²) in [7, 11) is 1.65. The zero-order valence-electron chi connectivity index (χ0n) is 15.6. The van der Waals surface area contributed by atoms with Crippen LogP contribution in [0.15, 0.2) is 93.3 Å². The summed E-state index contributed by atoms with van der Waals surface area (Å²) in [5.41, 5.74) is 3.63. The second kappa shape index (κ2) is 8.78. The zero-order chi connectivity index (χ0) is 20.2. The number of carbonyl (C=O) groups is 1. The number of halogens is 1. The molecular weight excluding hydrogens is 495 g/mol. The third-order valence-electron chi connectivity index (χ3n) is 4.40. The molecule has 0 unspecified atom stereocenters. The van der Waals surface area contributed by atoms with Gasteiger partial charge in [-0.05, 0) is 0 Å². The van der Waals surface area contributed by atoms with E-state index in [0.717, 1.165) is 31.5 Å². The van der Waals surface area contributed by atoms with E-state index in [1.54, 1.807) is 19.2 Å². The van der Waals surface area contributed by atoms with Gasteiger partial charge < -0.3 is 0 Å². The Morgan fingerprint density at radius 1 is 0.966 bits per heavy atom. The predicted molar refractivity (Wildman–Crippen MR) is 119 cm³/mol. The summed E-state index contributed by atoms with van der Waals surface area (Å²) in [6, 6.07) is 25.1. The molecule has 4 nitrogen and oxygen atoms in total. The summed E-state index contributed by atoms with van der Waals surface area (Å²) < 4.78 is 9.10. The van der Waals surface area contributed by atoms with Crippen LogP contribution >= 0.6 is 15.9 Å². The Morgan fingerprint density at radius 2 is 1.66 bits per heavy atom. The molecule has 0 bridgehead atoms. The number of benzene rings is 3. The van der Waals surface area contributed by atoms with Gasteiger partial charge in [0.05, 0.1) is 0 Å². The topological polar surface area (TPSA) is 43.6 Å². The number of hydrogen-bond donors (Lipinski definition) is 0. The van der Waals surface area contributed by atoms with Crippen LogP contribution < -0.4 is 9.10 Å². The summed E-state index contributed by atoms with van der Waals surface area (Å²) in [6.07, 6.45) is 0. The molecule has 0 saturated heterocycles. The summed E-state index contributed by atoms with van der Waals surface area (Å²) in [4.78, 5) is 19.3. The molecule has 29 heavy (non-hydrogen) atoms. The number of carbonyl (C=O) groups excluding carboxylic acids is 1. The van der Waals surface area contributed by atoms with E-state index in [1.807, 2.05) is 66.7 Å². The summed E-state index contributed by atoms with van der Waals surface area (Å²) in [5.74, 6) is 0.579. The van der Waals surface area contributed by atoms with Crippen molar-refractivity contribution in [2.24, 2.45) is 4.99 Å². The van der Waals surface area contributed by atoms with Crippen molar-refractivity contribution in [1.82, 2.24) is 4.57 Å². The van der Waals surface area contributed by atoms with E-state index >= 15 is 0 Å². The molecule has 6 heteroatoms. The second-order valence-electron chi connectivity index (χ2n) is 6.23. The maximum atomic E-state index is 12.7. The molecule has 4 aromatic rings. The molecule has 0 fully saturated rings. The Bertz CT molecular complexity index is 1190. The first-order valence-electron chi connectivity index (χ1n) is 8.91. The molecule has 0 atom stereocenters. The van der Waals surface area contributed by atoms with Gasteiger partial charge >= 0.3 is 183 Å². The van der Waals surface area contributed by atoms with E-state index in [-0.39, 0.29) is 20.4 Å². The molecule has 1 aromatic heterocycles.